The van der Waals surface area contributed by atoms with Crippen molar-refractivity contribution in [1.29, 1.82) is 0 Å². The highest BCUT2D eigenvalue weighted by Crippen LogP contribution is 2.67. The molecule has 4 fully saturated rings. The molecule has 0 bridgehead atoms. The molecule has 1 N–H and O–H groups in total. The third-order valence-corrected chi connectivity index (χ3v) is 9.10. The summed E-state index contributed by atoms with van der Waals surface area (Å²) >= 11 is 0. The Labute approximate surface area is 151 Å². The van der Waals surface area contributed by atoms with Gasteiger partial charge in [0.05, 0.1) is 6.10 Å². The molecule has 0 unspecified atom stereocenters. The Kier molecular flexibility index (Phi) is 4.00. The molecular weight excluding hydrogens is 312 g/mol. The lowest BCUT2D eigenvalue weighted by Crippen LogP contribution is -2.58. The van der Waals surface area contributed by atoms with Crippen LogP contribution in [0.1, 0.15) is 72.6 Å². The first-order valence-electron chi connectivity index (χ1n) is 10.4. The topological polar surface area (TPSA) is 54.4 Å². The number of carbonyl (C=O) groups excluding carboxylic acids is 2. The lowest BCUT2D eigenvalue weighted by Gasteiger charge is -2.59. The van der Waals surface area contributed by atoms with Gasteiger partial charge in [-0.15, -0.1) is 0 Å². The molecule has 0 spiro atoms. The molecule has 9 atom stereocenters. The number of hydrogen-bond acceptors (Lipinski definition) is 3. The van der Waals surface area contributed by atoms with E-state index in [0.29, 0.717) is 35.9 Å². The average molecular weight is 347 g/mol. The largest absolute Gasteiger partial charge is 0.393 e. The second-order valence-corrected chi connectivity index (χ2v) is 10.4. The fourth-order valence-electron chi connectivity index (χ4n) is 8.29. The fraction of sp³-hybridized carbons (Fsp3) is 0.909. The van der Waals surface area contributed by atoms with E-state index < -0.39 is 0 Å². The molecule has 0 saturated heterocycles. The summed E-state index contributed by atoms with van der Waals surface area (Å²) in [7, 11) is 0. The van der Waals surface area contributed by atoms with Crippen molar-refractivity contribution in [1.82, 2.24) is 0 Å². The van der Waals surface area contributed by atoms with Gasteiger partial charge >= 0.3 is 0 Å². The van der Waals surface area contributed by atoms with Crippen LogP contribution in [0.2, 0.25) is 0 Å². The number of rotatable bonds is 1. The van der Waals surface area contributed by atoms with E-state index >= 15 is 0 Å². The van der Waals surface area contributed by atoms with Crippen molar-refractivity contribution in [2.45, 2.75) is 78.7 Å². The molecule has 0 aromatic rings. The van der Waals surface area contributed by atoms with Crippen molar-refractivity contribution in [2.75, 3.05) is 0 Å². The normalized spacial score (nSPS) is 55.2. The quantitative estimate of drug-likeness (QED) is 0.780. The summed E-state index contributed by atoms with van der Waals surface area (Å²) in [5.41, 5.74) is -0.0566. The van der Waals surface area contributed by atoms with Gasteiger partial charge in [0.15, 0.2) is 0 Å². The highest BCUT2D eigenvalue weighted by atomic mass is 16.3. The van der Waals surface area contributed by atoms with Crippen molar-refractivity contribution in [3.63, 3.8) is 0 Å². The molecular formula is C22H34O3. The van der Waals surface area contributed by atoms with Crippen molar-refractivity contribution in [2.24, 2.45) is 46.3 Å². The summed E-state index contributed by atoms with van der Waals surface area (Å²) in [4.78, 5) is 25.8. The number of carbonyl (C=O) groups is 2. The maximum absolute atomic E-state index is 13.4. The number of aliphatic hydroxyl groups excluding tert-OH is 1. The van der Waals surface area contributed by atoms with Crippen molar-refractivity contribution >= 4 is 11.6 Å². The van der Waals surface area contributed by atoms with Crippen molar-refractivity contribution in [3.8, 4) is 0 Å². The van der Waals surface area contributed by atoms with Gasteiger partial charge in [0.25, 0.3) is 0 Å². The summed E-state index contributed by atoms with van der Waals surface area (Å²) in [5.74, 6) is 2.79. The van der Waals surface area contributed by atoms with Gasteiger partial charge in [0.2, 0.25) is 0 Å². The summed E-state index contributed by atoms with van der Waals surface area (Å²) in [6.07, 6.45) is 6.50. The minimum Gasteiger partial charge on any atom is -0.393 e. The van der Waals surface area contributed by atoms with Crippen LogP contribution in [0.25, 0.3) is 0 Å². The number of aliphatic hydroxyl groups is 1. The van der Waals surface area contributed by atoms with Gasteiger partial charge in [0, 0.05) is 18.3 Å². The first-order chi connectivity index (χ1) is 11.7. The minimum atomic E-state index is -0.174. The number of ketones is 2. The smallest absolute Gasteiger partial charge is 0.137 e. The molecule has 25 heavy (non-hydrogen) atoms. The summed E-state index contributed by atoms with van der Waals surface area (Å²) < 4.78 is 0. The Bertz CT molecular complexity index is 598. The molecule has 0 aromatic heterocycles. The number of hydrogen-bond donors (Lipinski definition) is 1. The zero-order valence-corrected chi connectivity index (χ0v) is 16.3. The Hall–Kier alpha value is -0.700. The van der Waals surface area contributed by atoms with E-state index in [1.807, 2.05) is 0 Å². The first-order valence-corrected chi connectivity index (χ1v) is 10.4. The standard InChI is InChI=1S/C22H34O3/c1-12-9-17-16-6-5-14-10-15(24)7-8-21(14,3)20(16)18(25)11-22(17,4)19(12)13(2)23/h12,14-17,19-20,24H,5-11H2,1-4H3/t12-,14-,15-,16+,17+,19-,20-,21+,22+/m1/s1. The molecule has 4 rings (SSSR count). The van der Waals surface area contributed by atoms with Gasteiger partial charge in [-0.25, -0.2) is 0 Å². The molecule has 0 heterocycles. The summed E-state index contributed by atoms with van der Waals surface area (Å²) in [6, 6.07) is 0. The van der Waals surface area contributed by atoms with Crippen LogP contribution in [0.3, 0.4) is 0 Å². The van der Waals surface area contributed by atoms with E-state index in [1.165, 1.54) is 0 Å². The van der Waals surface area contributed by atoms with E-state index in [9.17, 15) is 14.7 Å². The Morgan fingerprint density at radius 2 is 1.84 bits per heavy atom. The predicted octanol–water partition coefficient (Wildman–Crippen LogP) is 4.02. The molecule has 0 aliphatic heterocycles. The van der Waals surface area contributed by atoms with Gasteiger partial charge in [-0.1, -0.05) is 20.8 Å². The van der Waals surface area contributed by atoms with Crippen LogP contribution in [0, 0.1) is 46.3 Å². The lowest BCUT2D eigenvalue weighted by molar-refractivity contribution is -0.162. The Morgan fingerprint density at radius 3 is 2.52 bits per heavy atom. The molecule has 0 amide bonds. The predicted molar refractivity (Wildman–Crippen MR) is 96.8 cm³/mol. The van der Waals surface area contributed by atoms with Crippen LogP contribution in [0.5, 0.6) is 0 Å². The van der Waals surface area contributed by atoms with Crippen LogP contribution in [-0.4, -0.2) is 22.8 Å². The SMILES string of the molecule is CC(=O)[C@H]1[C@H](C)C[C@H]2[C@@H]3CC[C@@H]4C[C@H](O)CC[C@]4(C)[C@H]3C(=O)C[C@@]21C. The first kappa shape index (κ1) is 17.7. The summed E-state index contributed by atoms with van der Waals surface area (Å²) in [5, 5.41) is 10.1. The Balaban J connectivity index is 1.70. The molecule has 3 heteroatoms. The van der Waals surface area contributed by atoms with Crippen LogP contribution in [0.4, 0.5) is 0 Å². The third kappa shape index (κ3) is 2.33. The van der Waals surface area contributed by atoms with Gasteiger partial charge in [-0.2, -0.15) is 0 Å². The molecule has 3 nitrogen and oxygen atoms in total. The third-order valence-electron chi connectivity index (χ3n) is 9.10. The highest BCUT2D eigenvalue weighted by molar-refractivity contribution is 5.87. The highest BCUT2D eigenvalue weighted by Gasteiger charge is 2.65. The number of fused-ring (bicyclic) bond motifs is 5. The van der Waals surface area contributed by atoms with Crippen LogP contribution < -0.4 is 0 Å². The monoisotopic (exact) mass is 346 g/mol. The molecule has 4 aliphatic carbocycles. The van der Waals surface area contributed by atoms with E-state index in [1.54, 1.807) is 6.92 Å². The van der Waals surface area contributed by atoms with Gasteiger partial charge < -0.3 is 5.11 Å². The second-order valence-electron chi connectivity index (χ2n) is 10.4. The molecule has 4 aliphatic rings. The zero-order chi connectivity index (χ0) is 18.1. The van der Waals surface area contributed by atoms with E-state index in [-0.39, 0.29) is 34.6 Å². The second kappa shape index (κ2) is 5.65. The van der Waals surface area contributed by atoms with E-state index in [2.05, 4.69) is 20.8 Å². The summed E-state index contributed by atoms with van der Waals surface area (Å²) in [6.45, 7) is 8.52. The molecule has 0 radical (unpaired) electrons. The van der Waals surface area contributed by atoms with Gasteiger partial charge in [0.1, 0.15) is 11.6 Å². The van der Waals surface area contributed by atoms with Crippen LogP contribution >= 0.6 is 0 Å². The van der Waals surface area contributed by atoms with Crippen molar-refractivity contribution in [3.05, 3.63) is 0 Å². The average Bonchev–Trinajstić information content (AvgIpc) is 2.77. The van der Waals surface area contributed by atoms with Crippen molar-refractivity contribution < 1.29 is 14.7 Å². The van der Waals surface area contributed by atoms with E-state index in [0.717, 1.165) is 38.5 Å². The van der Waals surface area contributed by atoms with E-state index in [4.69, 9.17) is 0 Å². The maximum atomic E-state index is 13.4. The van der Waals surface area contributed by atoms with Gasteiger partial charge in [-0.3, -0.25) is 9.59 Å². The van der Waals surface area contributed by atoms with Gasteiger partial charge in [-0.05, 0) is 80.0 Å². The zero-order valence-electron chi connectivity index (χ0n) is 16.3. The Morgan fingerprint density at radius 1 is 1.12 bits per heavy atom. The van der Waals surface area contributed by atoms with Crippen LogP contribution in [0.15, 0.2) is 0 Å². The fourth-order valence-corrected chi connectivity index (χ4v) is 8.29. The van der Waals surface area contributed by atoms with Crippen LogP contribution in [-0.2, 0) is 9.59 Å². The number of Topliss-reactive ketones (excluding diaryl/α,β-unsaturated/α-hetero) is 2. The molecule has 140 valence electrons. The minimum absolute atomic E-state index is 0.0566. The molecule has 4 saturated carbocycles. The lowest BCUT2D eigenvalue weighted by atomic mass is 9.44. The maximum Gasteiger partial charge on any atom is 0.137 e. The molecule has 0 aromatic carbocycles.